The molecule has 2 N–H and O–H groups in total. The Balaban J connectivity index is 1.86. The number of likely N-dealkylation sites (tertiary alicyclic amines) is 1. The van der Waals surface area contributed by atoms with Gasteiger partial charge in [-0.2, -0.15) is 5.48 Å². The molecule has 8 heteroatoms. The van der Waals surface area contributed by atoms with Crippen LogP contribution in [0.5, 0.6) is 0 Å². The molecule has 1 fully saturated rings. The molecule has 1 aliphatic rings. The van der Waals surface area contributed by atoms with Crippen molar-refractivity contribution in [1.29, 1.82) is 0 Å². The second-order valence-corrected chi connectivity index (χ2v) is 6.14. The molecule has 1 aliphatic heterocycles. The maximum Gasteiger partial charge on any atom is 0.408 e. The second kappa shape index (κ2) is 10.1. The molecular formula is C18H27N3O5. The fraction of sp³-hybridized carbons (Fsp3) is 0.556. The number of amides is 1. The molecule has 26 heavy (non-hydrogen) atoms. The van der Waals surface area contributed by atoms with E-state index in [0.29, 0.717) is 32.5 Å². The van der Waals surface area contributed by atoms with E-state index in [1.807, 2.05) is 44.2 Å². The summed E-state index contributed by atoms with van der Waals surface area (Å²) >= 11 is 0. The van der Waals surface area contributed by atoms with E-state index in [1.54, 1.807) is 0 Å². The minimum Gasteiger partial charge on any atom is -0.465 e. The van der Waals surface area contributed by atoms with Gasteiger partial charge in [0.25, 0.3) is 0 Å². The molecule has 2 rings (SSSR count). The highest BCUT2D eigenvalue weighted by molar-refractivity contribution is 5.81. The highest BCUT2D eigenvalue weighted by atomic mass is 16.7. The van der Waals surface area contributed by atoms with Crippen LogP contribution in [0.2, 0.25) is 0 Å². The number of carbonyl (C=O) groups is 2. The van der Waals surface area contributed by atoms with Crippen LogP contribution in [0.4, 0.5) is 4.79 Å². The standard InChI is InChI=1S/C18H27N3O5/c1-3-20(4-2)26-17(22)16-11-10-15(12-21(16)18(23)24)19-25-13-14-8-6-5-7-9-14/h5-9,15-16,19H,3-4,10-13H2,1-2H3,(H,23,24)/t15-,16+/m1/s1. The lowest BCUT2D eigenvalue weighted by molar-refractivity contribution is -0.196. The summed E-state index contributed by atoms with van der Waals surface area (Å²) in [7, 11) is 0. The Hall–Kier alpha value is -2.16. The van der Waals surface area contributed by atoms with Crippen molar-refractivity contribution in [2.45, 2.75) is 45.4 Å². The van der Waals surface area contributed by atoms with Crippen LogP contribution in [0.25, 0.3) is 0 Å². The van der Waals surface area contributed by atoms with Crippen LogP contribution in [-0.2, 0) is 21.1 Å². The Morgan fingerprint density at radius 2 is 1.92 bits per heavy atom. The van der Waals surface area contributed by atoms with Crippen molar-refractivity contribution < 1.29 is 24.4 Å². The third kappa shape index (κ3) is 5.69. The Labute approximate surface area is 153 Å². The molecule has 1 aromatic rings. The van der Waals surface area contributed by atoms with Gasteiger partial charge in [0.15, 0.2) is 0 Å². The van der Waals surface area contributed by atoms with Gasteiger partial charge >= 0.3 is 12.1 Å². The smallest absolute Gasteiger partial charge is 0.408 e. The van der Waals surface area contributed by atoms with E-state index in [0.717, 1.165) is 10.5 Å². The van der Waals surface area contributed by atoms with Crippen molar-refractivity contribution in [3.8, 4) is 0 Å². The SMILES string of the molecule is CCN(CC)OC(=O)[C@@H]1CC[C@@H](NOCc2ccccc2)CN1C(=O)O. The predicted molar refractivity (Wildman–Crippen MR) is 94.9 cm³/mol. The summed E-state index contributed by atoms with van der Waals surface area (Å²) < 4.78 is 0. The van der Waals surface area contributed by atoms with Crippen molar-refractivity contribution in [2.75, 3.05) is 19.6 Å². The fourth-order valence-corrected chi connectivity index (χ4v) is 2.88. The molecule has 8 nitrogen and oxygen atoms in total. The van der Waals surface area contributed by atoms with Gasteiger partial charge in [0.2, 0.25) is 0 Å². The maximum atomic E-state index is 12.3. The van der Waals surface area contributed by atoms with Crippen molar-refractivity contribution in [3.63, 3.8) is 0 Å². The van der Waals surface area contributed by atoms with Crippen LogP contribution in [0.15, 0.2) is 30.3 Å². The van der Waals surface area contributed by atoms with E-state index in [2.05, 4.69) is 5.48 Å². The van der Waals surface area contributed by atoms with E-state index in [-0.39, 0.29) is 12.6 Å². The molecular weight excluding hydrogens is 338 g/mol. The zero-order chi connectivity index (χ0) is 18.9. The number of carbonyl (C=O) groups excluding carboxylic acids is 1. The molecule has 0 spiro atoms. The predicted octanol–water partition coefficient (Wildman–Crippen LogP) is 2.02. The van der Waals surface area contributed by atoms with Gasteiger partial charge in [0.1, 0.15) is 6.04 Å². The quantitative estimate of drug-likeness (QED) is 0.681. The summed E-state index contributed by atoms with van der Waals surface area (Å²) in [5.41, 5.74) is 3.93. The summed E-state index contributed by atoms with van der Waals surface area (Å²) in [6.45, 7) is 5.41. The van der Waals surface area contributed by atoms with E-state index in [1.165, 1.54) is 5.06 Å². The average Bonchev–Trinajstić information content (AvgIpc) is 2.66. The third-order valence-electron chi connectivity index (χ3n) is 4.36. The number of rotatable bonds is 8. The lowest BCUT2D eigenvalue weighted by atomic mass is 9.99. The molecule has 0 saturated carbocycles. The second-order valence-electron chi connectivity index (χ2n) is 6.14. The molecule has 0 bridgehead atoms. The summed E-state index contributed by atoms with van der Waals surface area (Å²) in [6, 6.07) is 8.72. The van der Waals surface area contributed by atoms with E-state index in [4.69, 9.17) is 9.68 Å². The monoisotopic (exact) mass is 365 g/mol. The van der Waals surface area contributed by atoms with Crippen LogP contribution in [0, 0.1) is 0 Å². The first kappa shape index (κ1) is 20.2. The van der Waals surface area contributed by atoms with Crippen molar-refractivity contribution in [2.24, 2.45) is 0 Å². The topological polar surface area (TPSA) is 91.3 Å². The van der Waals surface area contributed by atoms with Crippen molar-refractivity contribution in [3.05, 3.63) is 35.9 Å². The van der Waals surface area contributed by atoms with E-state index < -0.39 is 18.1 Å². The third-order valence-corrected chi connectivity index (χ3v) is 4.36. The largest absolute Gasteiger partial charge is 0.465 e. The molecule has 2 atom stereocenters. The summed E-state index contributed by atoms with van der Waals surface area (Å²) in [4.78, 5) is 35.8. The Morgan fingerprint density at radius 3 is 2.54 bits per heavy atom. The van der Waals surface area contributed by atoms with Crippen LogP contribution in [-0.4, -0.2) is 58.9 Å². The Kier molecular flexibility index (Phi) is 7.83. The van der Waals surface area contributed by atoms with Gasteiger partial charge in [-0.05, 0) is 32.3 Å². The van der Waals surface area contributed by atoms with Gasteiger partial charge in [-0.3, -0.25) is 9.74 Å². The molecule has 1 aromatic carbocycles. The molecule has 0 unspecified atom stereocenters. The summed E-state index contributed by atoms with van der Waals surface area (Å²) in [5, 5.41) is 11.0. The molecule has 144 valence electrons. The van der Waals surface area contributed by atoms with Gasteiger partial charge in [-0.1, -0.05) is 30.3 Å². The number of hydrogen-bond donors (Lipinski definition) is 2. The first-order valence-corrected chi connectivity index (χ1v) is 8.92. The van der Waals surface area contributed by atoms with Crippen LogP contribution in [0.3, 0.4) is 0 Å². The number of nitrogens with zero attached hydrogens (tertiary/aromatic N) is 2. The lowest BCUT2D eigenvalue weighted by Crippen LogP contribution is -2.56. The Morgan fingerprint density at radius 1 is 1.23 bits per heavy atom. The Bertz CT molecular complexity index is 579. The van der Waals surface area contributed by atoms with E-state index >= 15 is 0 Å². The van der Waals surface area contributed by atoms with E-state index in [9.17, 15) is 14.7 Å². The van der Waals surface area contributed by atoms with Gasteiger partial charge < -0.3 is 9.94 Å². The lowest BCUT2D eigenvalue weighted by Gasteiger charge is -2.36. The van der Waals surface area contributed by atoms with Gasteiger partial charge in [-0.15, -0.1) is 5.06 Å². The van der Waals surface area contributed by atoms with Gasteiger partial charge in [-0.25, -0.2) is 9.59 Å². The number of nitrogens with one attached hydrogen (secondary N) is 1. The highest BCUT2D eigenvalue weighted by Crippen LogP contribution is 2.20. The summed E-state index contributed by atoms with van der Waals surface area (Å²) in [6.07, 6.45) is -0.129. The molecule has 1 amide bonds. The first-order chi connectivity index (χ1) is 12.5. The minimum atomic E-state index is -1.14. The molecule has 0 aromatic heterocycles. The normalized spacial score (nSPS) is 20.2. The van der Waals surface area contributed by atoms with Crippen molar-refractivity contribution >= 4 is 12.1 Å². The average molecular weight is 365 g/mol. The maximum absolute atomic E-state index is 12.3. The number of carboxylic acid groups (broad SMARTS) is 1. The first-order valence-electron chi connectivity index (χ1n) is 8.92. The summed E-state index contributed by atoms with van der Waals surface area (Å²) in [5.74, 6) is -0.528. The molecule has 0 aliphatic carbocycles. The fourth-order valence-electron chi connectivity index (χ4n) is 2.88. The molecule has 1 heterocycles. The van der Waals surface area contributed by atoms with Crippen molar-refractivity contribution in [1.82, 2.24) is 15.4 Å². The van der Waals surface area contributed by atoms with Gasteiger partial charge in [0, 0.05) is 19.6 Å². The number of benzene rings is 1. The highest BCUT2D eigenvalue weighted by Gasteiger charge is 2.38. The number of hydroxylamine groups is 3. The molecule has 0 radical (unpaired) electrons. The number of piperidine rings is 1. The molecule has 1 saturated heterocycles. The number of hydrogen-bond acceptors (Lipinski definition) is 6. The van der Waals surface area contributed by atoms with Crippen LogP contribution in [0.1, 0.15) is 32.3 Å². The zero-order valence-corrected chi connectivity index (χ0v) is 15.3. The van der Waals surface area contributed by atoms with Gasteiger partial charge in [0.05, 0.1) is 12.6 Å². The van der Waals surface area contributed by atoms with Crippen LogP contribution < -0.4 is 5.48 Å². The minimum absolute atomic E-state index is 0.169. The zero-order valence-electron chi connectivity index (χ0n) is 15.3. The van der Waals surface area contributed by atoms with Crippen LogP contribution >= 0.6 is 0 Å².